The minimum Gasteiger partial charge on any atom is -0.491 e. The van der Waals surface area contributed by atoms with Gasteiger partial charge in [-0.3, -0.25) is 9.69 Å². The summed E-state index contributed by atoms with van der Waals surface area (Å²) in [5, 5.41) is 2.98. The number of benzene rings is 1. The predicted octanol–water partition coefficient (Wildman–Crippen LogP) is 3.68. The van der Waals surface area contributed by atoms with Gasteiger partial charge in [-0.1, -0.05) is 13.3 Å². The Kier molecular flexibility index (Phi) is 6.25. The van der Waals surface area contributed by atoms with Gasteiger partial charge in [0.1, 0.15) is 5.75 Å². The summed E-state index contributed by atoms with van der Waals surface area (Å²) in [6.45, 7) is 7.72. The lowest BCUT2D eigenvalue weighted by Crippen LogP contribution is -2.43. The van der Waals surface area contributed by atoms with Crippen molar-refractivity contribution in [2.24, 2.45) is 0 Å². The molecule has 1 fully saturated rings. The third kappa shape index (κ3) is 5.02. The van der Waals surface area contributed by atoms with E-state index >= 15 is 0 Å². The fraction of sp³-hybridized carbons (Fsp3) is 0.611. The Labute approximate surface area is 133 Å². The highest BCUT2D eigenvalue weighted by Crippen LogP contribution is 2.20. The van der Waals surface area contributed by atoms with Crippen LogP contribution in [0.1, 0.15) is 46.5 Å². The van der Waals surface area contributed by atoms with Gasteiger partial charge in [0, 0.05) is 11.7 Å². The van der Waals surface area contributed by atoms with E-state index in [0.717, 1.165) is 24.4 Å². The fourth-order valence-electron chi connectivity index (χ4n) is 3.00. The summed E-state index contributed by atoms with van der Waals surface area (Å²) >= 11 is 0. The number of carbonyl (C=O) groups is 1. The summed E-state index contributed by atoms with van der Waals surface area (Å²) in [5.74, 6) is 0.896. The van der Waals surface area contributed by atoms with Crippen LogP contribution in [0.25, 0.3) is 0 Å². The van der Waals surface area contributed by atoms with Gasteiger partial charge < -0.3 is 10.1 Å². The average Bonchev–Trinajstić information content (AvgIpc) is 2.49. The van der Waals surface area contributed by atoms with Crippen LogP contribution in [0, 0.1) is 0 Å². The van der Waals surface area contributed by atoms with Crippen LogP contribution in [0.15, 0.2) is 24.3 Å². The molecule has 1 atom stereocenters. The van der Waals surface area contributed by atoms with E-state index in [9.17, 15) is 4.79 Å². The molecule has 1 N–H and O–H groups in total. The molecule has 1 amide bonds. The summed E-state index contributed by atoms with van der Waals surface area (Å²) < 4.78 is 5.60. The normalized spacial score (nSPS) is 19.2. The van der Waals surface area contributed by atoms with Gasteiger partial charge in [0.25, 0.3) is 0 Å². The van der Waals surface area contributed by atoms with Gasteiger partial charge in [-0.05, 0) is 63.9 Å². The maximum absolute atomic E-state index is 12.2. The smallest absolute Gasteiger partial charge is 0.238 e. The summed E-state index contributed by atoms with van der Waals surface area (Å²) in [6, 6.07) is 8.13. The minimum atomic E-state index is 0.0675. The summed E-state index contributed by atoms with van der Waals surface area (Å²) in [7, 11) is 0. The Balaban J connectivity index is 1.86. The standard InChI is InChI=1S/C18H28N2O2/c1-4-16-7-5-6-12-20(16)13-18(21)19-15-8-10-17(11-9-15)22-14(2)3/h8-11,14,16H,4-7,12-13H2,1-3H3,(H,19,21). The van der Waals surface area contributed by atoms with Crippen LogP contribution in [0.3, 0.4) is 0 Å². The lowest BCUT2D eigenvalue weighted by atomic mass is 10.00. The van der Waals surface area contributed by atoms with Gasteiger partial charge in [-0.15, -0.1) is 0 Å². The van der Waals surface area contributed by atoms with Crippen LogP contribution >= 0.6 is 0 Å². The Morgan fingerprint density at radius 1 is 1.32 bits per heavy atom. The first kappa shape index (κ1) is 16.8. The summed E-state index contributed by atoms with van der Waals surface area (Å²) in [6.07, 6.45) is 4.98. The van der Waals surface area contributed by atoms with E-state index < -0.39 is 0 Å². The van der Waals surface area contributed by atoms with Crippen LogP contribution in [-0.2, 0) is 4.79 Å². The largest absolute Gasteiger partial charge is 0.491 e. The van der Waals surface area contributed by atoms with Crippen molar-refractivity contribution in [1.29, 1.82) is 0 Å². The molecule has 4 heteroatoms. The Hall–Kier alpha value is -1.55. The molecule has 1 aromatic rings. The number of likely N-dealkylation sites (tertiary alicyclic amines) is 1. The molecule has 1 unspecified atom stereocenters. The first-order valence-corrected chi connectivity index (χ1v) is 8.39. The predicted molar refractivity (Wildman–Crippen MR) is 90.3 cm³/mol. The van der Waals surface area contributed by atoms with E-state index in [-0.39, 0.29) is 12.0 Å². The zero-order valence-corrected chi connectivity index (χ0v) is 14.0. The lowest BCUT2D eigenvalue weighted by Gasteiger charge is -2.34. The average molecular weight is 304 g/mol. The number of nitrogens with one attached hydrogen (secondary N) is 1. The molecule has 1 saturated heterocycles. The van der Waals surface area contributed by atoms with E-state index in [1.807, 2.05) is 38.1 Å². The quantitative estimate of drug-likeness (QED) is 0.871. The highest BCUT2D eigenvalue weighted by atomic mass is 16.5. The van der Waals surface area contributed by atoms with Crippen molar-refractivity contribution >= 4 is 11.6 Å². The zero-order valence-electron chi connectivity index (χ0n) is 14.0. The van der Waals surface area contributed by atoms with E-state index in [1.165, 1.54) is 19.3 Å². The maximum Gasteiger partial charge on any atom is 0.238 e. The number of carbonyl (C=O) groups excluding carboxylic acids is 1. The molecular weight excluding hydrogens is 276 g/mol. The van der Waals surface area contributed by atoms with Crippen LogP contribution < -0.4 is 10.1 Å². The minimum absolute atomic E-state index is 0.0675. The molecule has 0 saturated carbocycles. The van der Waals surface area contributed by atoms with Gasteiger partial charge >= 0.3 is 0 Å². The maximum atomic E-state index is 12.2. The molecule has 1 aromatic carbocycles. The highest BCUT2D eigenvalue weighted by Gasteiger charge is 2.22. The second-order valence-electron chi connectivity index (χ2n) is 6.27. The number of amides is 1. The van der Waals surface area contributed by atoms with Crippen LogP contribution in [-0.4, -0.2) is 36.0 Å². The van der Waals surface area contributed by atoms with Crippen molar-refractivity contribution in [3.63, 3.8) is 0 Å². The zero-order chi connectivity index (χ0) is 15.9. The molecule has 0 aromatic heterocycles. The van der Waals surface area contributed by atoms with Gasteiger partial charge in [0.15, 0.2) is 0 Å². The second kappa shape index (κ2) is 8.18. The number of anilines is 1. The van der Waals surface area contributed by atoms with Crippen molar-refractivity contribution in [3.05, 3.63) is 24.3 Å². The number of rotatable bonds is 6. The Morgan fingerprint density at radius 2 is 2.05 bits per heavy atom. The molecule has 1 heterocycles. The molecule has 122 valence electrons. The molecule has 0 bridgehead atoms. The van der Waals surface area contributed by atoms with Gasteiger partial charge in [-0.2, -0.15) is 0 Å². The molecule has 2 rings (SSSR count). The Morgan fingerprint density at radius 3 is 2.68 bits per heavy atom. The molecule has 0 radical (unpaired) electrons. The molecular formula is C18H28N2O2. The Bertz CT molecular complexity index is 470. The van der Waals surface area contributed by atoms with Crippen LogP contribution in [0.5, 0.6) is 5.75 Å². The van der Waals surface area contributed by atoms with Crippen molar-refractivity contribution < 1.29 is 9.53 Å². The number of piperidine rings is 1. The van der Waals surface area contributed by atoms with E-state index in [1.54, 1.807) is 0 Å². The number of nitrogens with zero attached hydrogens (tertiary/aromatic N) is 1. The second-order valence-corrected chi connectivity index (χ2v) is 6.27. The molecule has 0 spiro atoms. The van der Waals surface area contributed by atoms with Gasteiger partial charge in [-0.25, -0.2) is 0 Å². The summed E-state index contributed by atoms with van der Waals surface area (Å²) in [5.41, 5.74) is 0.825. The molecule has 22 heavy (non-hydrogen) atoms. The molecule has 1 aliphatic heterocycles. The van der Waals surface area contributed by atoms with Crippen LogP contribution in [0.4, 0.5) is 5.69 Å². The third-order valence-electron chi connectivity index (χ3n) is 4.08. The topological polar surface area (TPSA) is 41.6 Å². The lowest BCUT2D eigenvalue weighted by molar-refractivity contribution is -0.118. The third-order valence-corrected chi connectivity index (χ3v) is 4.08. The highest BCUT2D eigenvalue weighted by molar-refractivity contribution is 5.92. The van der Waals surface area contributed by atoms with Gasteiger partial charge in [0.2, 0.25) is 5.91 Å². The number of hydrogen-bond acceptors (Lipinski definition) is 3. The van der Waals surface area contributed by atoms with Crippen LogP contribution in [0.2, 0.25) is 0 Å². The number of ether oxygens (including phenoxy) is 1. The van der Waals surface area contributed by atoms with E-state index in [4.69, 9.17) is 4.74 Å². The van der Waals surface area contributed by atoms with E-state index in [2.05, 4.69) is 17.1 Å². The fourth-order valence-corrected chi connectivity index (χ4v) is 3.00. The summed E-state index contributed by atoms with van der Waals surface area (Å²) in [4.78, 5) is 14.5. The van der Waals surface area contributed by atoms with Crippen molar-refractivity contribution in [1.82, 2.24) is 4.90 Å². The van der Waals surface area contributed by atoms with Gasteiger partial charge in [0.05, 0.1) is 12.6 Å². The first-order chi connectivity index (χ1) is 10.6. The SMILES string of the molecule is CCC1CCCCN1CC(=O)Nc1ccc(OC(C)C)cc1. The monoisotopic (exact) mass is 304 g/mol. The molecule has 1 aliphatic rings. The van der Waals surface area contributed by atoms with E-state index in [0.29, 0.717) is 12.6 Å². The number of hydrogen-bond donors (Lipinski definition) is 1. The van der Waals surface area contributed by atoms with Crippen molar-refractivity contribution in [2.75, 3.05) is 18.4 Å². The van der Waals surface area contributed by atoms with Crippen molar-refractivity contribution in [2.45, 2.75) is 58.6 Å². The first-order valence-electron chi connectivity index (χ1n) is 8.39. The molecule has 0 aliphatic carbocycles. The molecule has 4 nitrogen and oxygen atoms in total. The van der Waals surface area contributed by atoms with Crippen molar-refractivity contribution in [3.8, 4) is 5.75 Å².